The number of carbonyl (C=O) groups excluding carboxylic acids is 1. The fourth-order valence-electron chi connectivity index (χ4n) is 1.63. The second-order valence-electron chi connectivity index (χ2n) is 5.44. The number of carbonyl (C=O) groups is 1. The first-order chi connectivity index (χ1) is 8.36. The first kappa shape index (κ1) is 17.9. The predicted octanol–water partition coefficient (Wildman–Crippen LogP) is 2.76. The van der Waals surface area contributed by atoms with E-state index in [4.69, 9.17) is 5.73 Å². The van der Waals surface area contributed by atoms with Gasteiger partial charge in [0.05, 0.1) is 6.04 Å². The second kappa shape index (κ2) is 7.51. The summed E-state index contributed by atoms with van der Waals surface area (Å²) in [5.74, 6) is -0.118. The molecule has 0 bridgehead atoms. The van der Waals surface area contributed by atoms with E-state index in [0.717, 1.165) is 12.0 Å². The molecule has 1 rings (SSSR count). The lowest BCUT2D eigenvalue weighted by atomic mass is 9.82. The zero-order valence-corrected chi connectivity index (χ0v) is 13.0. The highest BCUT2D eigenvalue weighted by atomic mass is 35.5. The molecule has 3 N–H and O–H groups in total. The van der Waals surface area contributed by atoms with Gasteiger partial charge >= 0.3 is 0 Å². The van der Waals surface area contributed by atoms with Crippen molar-refractivity contribution in [3.8, 4) is 0 Å². The fraction of sp³-hybridized carbons (Fsp3) is 0.533. The number of hydrogen-bond acceptors (Lipinski definition) is 2. The molecule has 108 valence electrons. The third-order valence-electron chi connectivity index (χ3n) is 3.50. The summed E-state index contributed by atoms with van der Waals surface area (Å²) in [6.45, 7) is 8.88. The van der Waals surface area contributed by atoms with Crippen molar-refractivity contribution >= 4 is 18.3 Å². The van der Waals surface area contributed by atoms with Crippen LogP contribution in [0.4, 0.5) is 0 Å². The highest BCUT2D eigenvalue weighted by Crippen LogP contribution is 2.26. The molecule has 0 aliphatic heterocycles. The van der Waals surface area contributed by atoms with Crippen molar-refractivity contribution in [2.24, 2.45) is 5.73 Å². The van der Waals surface area contributed by atoms with E-state index in [2.05, 4.69) is 50.4 Å². The lowest BCUT2D eigenvalue weighted by Crippen LogP contribution is -2.37. The lowest BCUT2D eigenvalue weighted by molar-refractivity contribution is -0.122. The van der Waals surface area contributed by atoms with Crippen LogP contribution in [0.2, 0.25) is 0 Å². The van der Waals surface area contributed by atoms with Crippen LogP contribution in [0.3, 0.4) is 0 Å². The molecular weight excluding hydrogens is 260 g/mol. The zero-order valence-electron chi connectivity index (χ0n) is 12.2. The molecule has 0 aliphatic rings. The molecule has 3 nitrogen and oxygen atoms in total. The Morgan fingerprint density at radius 2 is 1.84 bits per heavy atom. The largest absolute Gasteiger partial charge is 0.351 e. The van der Waals surface area contributed by atoms with Gasteiger partial charge in [0, 0.05) is 6.54 Å². The number of nitrogens with two attached hydrogens (primary N) is 1. The van der Waals surface area contributed by atoms with Crippen LogP contribution in [0.5, 0.6) is 0 Å². The van der Waals surface area contributed by atoms with E-state index in [-0.39, 0.29) is 23.7 Å². The van der Waals surface area contributed by atoms with Crippen molar-refractivity contribution in [3.05, 3.63) is 35.4 Å². The molecule has 19 heavy (non-hydrogen) atoms. The summed E-state index contributed by atoms with van der Waals surface area (Å²) < 4.78 is 0. The quantitative estimate of drug-likeness (QED) is 0.873. The minimum Gasteiger partial charge on any atom is -0.351 e. The van der Waals surface area contributed by atoms with Gasteiger partial charge in [-0.15, -0.1) is 12.4 Å². The van der Waals surface area contributed by atoms with Crippen molar-refractivity contribution in [1.82, 2.24) is 5.32 Å². The van der Waals surface area contributed by atoms with E-state index >= 15 is 0 Å². The topological polar surface area (TPSA) is 55.1 Å². The maximum atomic E-state index is 11.4. The molecule has 0 radical (unpaired) electrons. The molecule has 1 aromatic carbocycles. The van der Waals surface area contributed by atoms with Gasteiger partial charge in [-0.05, 0) is 29.9 Å². The van der Waals surface area contributed by atoms with E-state index < -0.39 is 6.04 Å². The highest BCUT2D eigenvalue weighted by molar-refractivity contribution is 5.85. The highest BCUT2D eigenvalue weighted by Gasteiger charge is 2.17. The molecular formula is C15H25ClN2O. The van der Waals surface area contributed by atoms with E-state index in [9.17, 15) is 4.79 Å². The third kappa shape index (κ3) is 5.21. The molecule has 0 aromatic heterocycles. The average molecular weight is 285 g/mol. The number of hydrogen-bond donors (Lipinski definition) is 2. The molecule has 0 spiro atoms. The number of nitrogens with one attached hydrogen (secondary N) is 1. The Bertz CT molecular complexity index is 399. The van der Waals surface area contributed by atoms with Gasteiger partial charge in [-0.3, -0.25) is 4.79 Å². The Labute approximate surface area is 122 Å². The van der Waals surface area contributed by atoms with Crippen molar-refractivity contribution in [2.75, 3.05) is 0 Å². The minimum absolute atomic E-state index is 0. The van der Waals surface area contributed by atoms with Gasteiger partial charge in [0.15, 0.2) is 0 Å². The van der Waals surface area contributed by atoms with Crippen LogP contribution >= 0.6 is 12.4 Å². The minimum atomic E-state index is -0.455. The number of rotatable bonds is 5. The Morgan fingerprint density at radius 3 is 2.26 bits per heavy atom. The number of benzene rings is 1. The first-order valence-electron chi connectivity index (χ1n) is 6.49. The maximum absolute atomic E-state index is 11.4. The summed E-state index contributed by atoms with van der Waals surface area (Å²) in [5.41, 5.74) is 8.11. The molecule has 0 saturated heterocycles. The third-order valence-corrected chi connectivity index (χ3v) is 3.50. The predicted molar refractivity (Wildman–Crippen MR) is 82.5 cm³/mol. The van der Waals surface area contributed by atoms with Gasteiger partial charge in [0.25, 0.3) is 0 Å². The monoisotopic (exact) mass is 284 g/mol. The van der Waals surface area contributed by atoms with Crippen LogP contribution in [-0.4, -0.2) is 11.9 Å². The van der Waals surface area contributed by atoms with Crippen molar-refractivity contribution in [2.45, 2.75) is 52.1 Å². The van der Waals surface area contributed by atoms with Crippen molar-refractivity contribution < 1.29 is 4.79 Å². The summed E-state index contributed by atoms with van der Waals surface area (Å²) >= 11 is 0. The molecule has 1 atom stereocenters. The van der Waals surface area contributed by atoms with Crippen molar-refractivity contribution in [1.29, 1.82) is 0 Å². The summed E-state index contributed by atoms with van der Waals surface area (Å²) in [6, 6.07) is 7.94. The molecule has 0 heterocycles. The van der Waals surface area contributed by atoms with Crippen LogP contribution in [0.15, 0.2) is 24.3 Å². The van der Waals surface area contributed by atoms with Crippen LogP contribution in [0.1, 0.15) is 45.2 Å². The van der Waals surface area contributed by atoms with Gasteiger partial charge in [-0.25, -0.2) is 0 Å². The molecule has 1 unspecified atom stereocenters. The van der Waals surface area contributed by atoms with Gasteiger partial charge < -0.3 is 11.1 Å². The average Bonchev–Trinajstić information content (AvgIpc) is 2.36. The molecule has 1 amide bonds. The lowest BCUT2D eigenvalue weighted by Gasteiger charge is -2.23. The van der Waals surface area contributed by atoms with E-state index in [0.29, 0.717) is 6.54 Å². The normalized spacial score (nSPS) is 12.5. The van der Waals surface area contributed by atoms with E-state index in [1.54, 1.807) is 6.92 Å². The SMILES string of the molecule is CCC(C)(C)c1ccc(CNC(=O)C(C)N)cc1.Cl. The second-order valence-corrected chi connectivity index (χ2v) is 5.44. The zero-order chi connectivity index (χ0) is 13.8. The Morgan fingerprint density at radius 1 is 1.32 bits per heavy atom. The Hall–Kier alpha value is -1.06. The van der Waals surface area contributed by atoms with Gasteiger partial charge in [0.2, 0.25) is 5.91 Å². The summed E-state index contributed by atoms with van der Waals surface area (Å²) in [5, 5.41) is 2.81. The Kier molecular flexibility index (Phi) is 7.09. The molecule has 1 aromatic rings. The molecule has 0 aliphatic carbocycles. The summed E-state index contributed by atoms with van der Waals surface area (Å²) in [6.07, 6.45) is 1.10. The van der Waals surface area contributed by atoms with Crippen LogP contribution < -0.4 is 11.1 Å². The smallest absolute Gasteiger partial charge is 0.236 e. The van der Waals surface area contributed by atoms with E-state index in [1.165, 1.54) is 5.56 Å². The fourth-order valence-corrected chi connectivity index (χ4v) is 1.63. The summed E-state index contributed by atoms with van der Waals surface area (Å²) in [4.78, 5) is 11.4. The van der Waals surface area contributed by atoms with Gasteiger partial charge in [0.1, 0.15) is 0 Å². The Balaban J connectivity index is 0.00000324. The van der Waals surface area contributed by atoms with Crippen LogP contribution in [-0.2, 0) is 16.8 Å². The molecule has 0 fully saturated rings. The van der Waals surface area contributed by atoms with Gasteiger partial charge in [-0.2, -0.15) is 0 Å². The number of halogens is 1. The van der Waals surface area contributed by atoms with Crippen LogP contribution in [0.25, 0.3) is 0 Å². The van der Waals surface area contributed by atoms with Gasteiger partial charge in [-0.1, -0.05) is 45.0 Å². The maximum Gasteiger partial charge on any atom is 0.236 e. The standard InChI is InChI=1S/C15H24N2O.ClH/c1-5-15(3,4)13-8-6-12(7-9-13)10-17-14(18)11(2)16;/h6-9,11H,5,10,16H2,1-4H3,(H,17,18);1H. The summed E-state index contributed by atoms with van der Waals surface area (Å²) in [7, 11) is 0. The number of amides is 1. The van der Waals surface area contributed by atoms with Crippen LogP contribution in [0, 0.1) is 0 Å². The van der Waals surface area contributed by atoms with Crippen molar-refractivity contribution in [3.63, 3.8) is 0 Å². The van der Waals surface area contributed by atoms with E-state index in [1.807, 2.05) is 0 Å². The molecule has 0 saturated carbocycles. The molecule has 4 heteroatoms. The first-order valence-corrected chi connectivity index (χ1v) is 6.49.